The maximum Gasteiger partial charge on any atom is 0.321 e. The molecular formula is C23H21ClN4O4. The molecule has 1 saturated heterocycles. The van der Waals surface area contributed by atoms with Gasteiger partial charge in [0, 0.05) is 29.5 Å². The van der Waals surface area contributed by atoms with E-state index in [1.807, 2.05) is 6.92 Å². The molecule has 9 heteroatoms. The lowest BCUT2D eigenvalue weighted by molar-refractivity contribution is -0.122. The summed E-state index contributed by atoms with van der Waals surface area (Å²) in [5, 5.41) is 5.32. The summed E-state index contributed by atoms with van der Waals surface area (Å²) in [6.07, 6.45) is 5.60. The standard InChI is InChI=1S/C23H21ClN4O4/c1-2-6-32-18-8-14(7-16(24)10-18)19-9-15(20-12-26-23(31)27-21(20)29)13-28(22(19)30)17-4-3-5-25-11-17/h3-5,7-11,13,20H,2,6,12H2,1H3,(H2,26,27,29,31). The van der Waals surface area contributed by atoms with E-state index in [0.29, 0.717) is 39.8 Å². The number of hydrogen-bond acceptors (Lipinski definition) is 5. The molecule has 0 bridgehead atoms. The van der Waals surface area contributed by atoms with Crippen LogP contribution in [0.1, 0.15) is 24.8 Å². The molecule has 8 nitrogen and oxygen atoms in total. The van der Waals surface area contributed by atoms with Crippen LogP contribution in [0, 0.1) is 0 Å². The number of nitrogens with one attached hydrogen (secondary N) is 2. The molecule has 0 spiro atoms. The fourth-order valence-electron chi connectivity index (χ4n) is 3.51. The summed E-state index contributed by atoms with van der Waals surface area (Å²) in [5.74, 6) is -0.547. The first-order chi connectivity index (χ1) is 15.5. The van der Waals surface area contributed by atoms with Gasteiger partial charge in [-0.1, -0.05) is 18.5 Å². The number of rotatable bonds is 6. The Kier molecular flexibility index (Phi) is 6.23. The van der Waals surface area contributed by atoms with Gasteiger partial charge in [-0.05, 0) is 53.9 Å². The average molecular weight is 453 g/mol. The van der Waals surface area contributed by atoms with Crippen molar-refractivity contribution in [3.8, 4) is 22.6 Å². The van der Waals surface area contributed by atoms with Crippen molar-refractivity contribution in [2.24, 2.45) is 0 Å². The normalized spacial score (nSPS) is 15.8. The van der Waals surface area contributed by atoms with Gasteiger partial charge in [0.15, 0.2) is 0 Å². The number of ether oxygens (including phenoxy) is 1. The second kappa shape index (κ2) is 9.23. The number of nitrogens with zero attached hydrogens (tertiary/aromatic N) is 2. The summed E-state index contributed by atoms with van der Waals surface area (Å²) in [7, 11) is 0. The predicted molar refractivity (Wildman–Crippen MR) is 120 cm³/mol. The number of carbonyl (C=O) groups is 2. The molecule has 1 aliphatic heterocycles. The first-order valence-electron chi connectivity index (χ1n) is 10.2. The van der Waals surface area contributed by atoms with E-state index < -0.39 is 17.9 Å². The van der Waals surface area contributed by atoms with Crippen molar-refractivity contribution < 1.29 is 14.3 Å². The van der Waals surface area contributed by atoms with E-state index in [2.05, 4.69) is 15.6 Å². The third-order valence-corrected chi connectivity index (χ3v) is 5.26. The first-order valence-corrected chi connectivity index (χ1v) is 10.5. The predicted octanol–water partition coefficient (Wildman–Crippen LogP) is 3.26. The van der Waals surface area contributed by atoms with Gasteiger partial charge in [-0.25, -0.2) is 4.79 Å². The number of pyridine rings is 2. The van der Waals surface area contributed by atoms with Crippen molar-refractivity contribution >= 4 is 23.5 Å². The zero-order valence-corrected chi connectivity index (χ0v) is 18.1. The Hall–Kier alpha value is -3.65. The van der Waals surface area contributed by atoms with Gasteiger partial charge in [0.2, 0.25) is 5.91 Å². The number of amides is 3. The van der Waals surface area contributed by atoms with Gasteiger partial charge in [-0.3, -0.25) is 24.5 Å². The number of halogens is 1. The van der Waals surface area contributed by atoms with Gasteiger partial charge in [-0.15, -0.1) is 0 Å². The number of aromatic nitrogens is 2. The number of hydrogen-bond donors (Lipinski definition) is 2. The van der Waals surface area contributed by atoms with Crippen LogP contribution in [0.4, 0.5) is 4.79 Å². The van der Waals surface area contributed by atoms with E-state index in [1.54, 1.807) is 55.0 Å². The quantitative estimate of drug-likeness (QED) is 0.597. The highest BCUT2D eigenvalue weighted by Gasteiger charge is 2.29. The van der Waals surface area contributed by atoms with Crippen LogP contribution >= 0.6 is 11.6 Å². The highest BCUT2D eigenvalue weighted by Crippen LogP contribution is 2.29. The fourth-order valence-corrected chi connectivity index (χ4v) is 3.73. The lowest BCUT2D eigenvalue weighted by atomic mass is 9.95. The molecule has 1 unspecified atom stereocenters. The maximum absolute atomic E-state index is 13.5. The van der Waals surface area contributed by atoms with E-state index in [4.69, 9.17) is 16.3 Å². The van der Waals surface area contributed by atoms with Crippen molar-refractivity contribution in [1.82, 2.24) is 20.2 Å². The third kappa shape index (κ3) is 4.50. The van der Waals surface area contributed by atoms with Crippen molar-refractivity contribution in [3.63, 3.8) is 0 Å². The first kappa shape index (κ1) is 21.6. The molecule has 1 aliphatic rings. The largest absolute Gasteiger partial charge is 0.494 e. The minimum atomic E-state index is -0.662. The van der Waals surface area contributed by atoms with Gasteiger partial charge in [0.1, 0.15) is 5.75 Å². The summed E-state index contributed by atoms with van der Waals surface area (Å²) in [5.41, 5.74) is 1.72. The van der Waals surface area contributed by atoms with E-state index in [9.17, 15) is 14.4 Å². The molecule has 32 heavy (non-hydrogen) atoms. The summed E-state index contributed by atoms with van der Waals surface area (Å²) >= 11 is 6.31. The summed E-state index contributed by atoms with van der Waals surface area (Å²) in [4.78, 5) is 41.6. The van der Waals surface area contributed by atoms with Crippen LogP contribution in [0.15, 0.2) is 59.8 Å². The smallest absolute Gasteiger partial charge is 0.321 e. The number of urea groups is 1. The minimum Gasteiger partial charge on any atom is -0.494 e. The molecule has 3 amide bonds. The Balaban J connectivity index is 1.89. The van der Waals surface area contributed by atoms with Gasteiger partial charge in [0.05, 0.1) is 24.4 Å². The lowest BCUT2D eigenvalue weighted by Crippen LogP contribution is -2.51. The fraction of sp³-hybridized carbons (Fsp3) is 0.217. The Morgan fingerprint density at radius 3 is 2.78 bits per heavy atom. The van der Waals surface area contributed by atoms with Gasteiger partial charge in [0.25, 0.3) is 5.56 Å². The molecule has 4 rings (SSSR count). The second-order valence-corrected chi connectivity index (χ2v) is 7.79. The molecular weight excluding hydrogens is 432 g/mol. The van der Waals surface area contributed by atoms with Crippen LogP contribution < -0.4 is 20.9 Å². The highest BCUT2D eigenvalue weighted by atomic mass is 35.5. The second-order valence-electron chi connectivity index (χ2n) is 7.35. The number of benzene rings is 1. The van der Waals surface area contributed by atoms with E-state index in [-0.39, 0.29) is 12.1 Å². The van der Waals surface area contributed by atoms with Crippen LogP contribution in [-0.4, -0.2) is 34.6 Å². The van der Waals surface area contributed by atoms with Crippen molar-refractivity contribution in [1.29, 1.82) is 0 Å². The average Bonchev–Trinajstić information content (AvgIpc) is 2.78. The van der Waals surface area contributed by atoms with Gasteiger partial charge >= 0.3 is 6.03 Å². The molecule has 3 heterocycles. The number of carbonyl (C=O) groups excluding carboxylic acids is 2. The Labute approximate surface area is 189 Å². The molecule has 2 N–H and O–H groups in total. The third-order valence-electron chi connectivity index (χ3n) is 5.04. The molecule has 164 valence electrons. The Morgan fingerprint density at radius 2 is 2.06 bits per heavy atom. The highest BCUT2D eigenvalue weighted by molar-refractivity contribution is 6.31. The Morgan fingerprint density at radius 1 is 1.22 bits per heavy atom. The zero-order chi connectivity index (χ0) is 22.7. The molecule has 0 aliphatic carbocycles. The SMILES string of the molecule is CCCOc1cc(Cl)cc(-c2cc(C3CNC(=O)NC3=O)cn(-c3cccnc3)c2=O)c1. The van der Waals surface area contributed by atoms with Gasteiger partial charge in [-0.2, -0.15) is 0 Å². The van der Waals surface area contributed by atoms with Crippen molar-refractivity contribution in [2.75, 3.05) is 13.2 Å². The van der Waals surface area contributed by atoms with Crippen molar-refractivity contribution in [3.05, 3.63) is 75.9 Å². The molecule has 3 aromatic rings. The molecule has 2 aromatic heterocycles. The molecule has 0 saturated carbocycles. The van der Waals surface area contributed by atoms with E-state index in [0.717, 1.165) is 6.42 Å². The summed E-state index contributed by atoms with van der Waals surface area (Å²) < 4.78 is 7.15. The summed E-state index contributed by atoms with van der Waals surface area (Å²) in [6.45, 7) is 2.63. The molecule has 1 fully saturated rings. The van der Waals surface area contributed by atoms with Crippen LogP contribution in [0.2, 0.25) is 5.02 Å². The summed E-state index contributed by atoms with van der Waals surface area (Å²) in [6, 6.07) is 9.70. The van der Waals surface area contributed by atoms with Gasteiger partial charge < -0.3 is 10.1 Å². The van der Waals surface area contributed by atoms with E-state index >= 15 is 0 Å². The topological polar surface area (TPSA) is 102 Å². The van der Waals surface area contributed by atoms with Crippen molar-refractivity contribution in [2.45, 2.75) is 19.3 Å². The van der Waals surface area contributed by atoms with E-state index in [1.165, 1.54) is 4.57 Å². The van der Waals surface area contributed by atoms with Crippen LogP contribution in [0.25, 0.3) is 16.8 Å². The zero-order valence-electron chi connectivity index (χ0n) is 17.3. The molecule has 1 aromatic carbocycles. The minimum absolute atomic E-state index is 0.121. The lowest BCUT2D eigenvalue weighted by Gasteiger charge is -2.23. The molecule has 1 atom stereocenters. The van der Waals surface area contributed by atoms with Crippen LogP contribution in [0.3, 0.4) is 0 Å². The van der Waals surface area contributed by atoms with Crippen LogP contribution in [0.5, 0.6) is 5.75 Å². The monoisotopic (exact) mass is 452 g/mol. The Bertz CT molecular complexity index is 1230. The maximum atomic E-state index is 13.5. The number of imide groups is 1. The van der Waals surface area contributed by atoms with Crippen LogP contribution in [-0.2, 0) is 4.79 Å². The molecule has 0 radical (unpaired) electrons.